The molecule has 0 atom stereocenters. The van der Waals surface area contributed by atoms with Gasteiger partial charge in [-0.1, -0.05) is 29.5 Å². The predicted octanol–water partition coefficient (Wildman–Crippen LogP) is 4.67. The zero-order valence-corrected chi connectivity index (χ0v) is 16.4. The summed E-state index contributed by atoms with van der Waals surface area (Å²) in [6, 6.07) is 24.0. The Balaban J connectivity index is 1.35. The average Bonchev–Trinajstić information content (AvgIpc) is 3.20. The van der Waals surface area contributed by atoms with E-state index in [9.17, 15) is 0 Å². The molecule has 2 aromatic carbocycles. The molecule has 0 saturated heterocycles. The molecule has 6 heteroatoms. The minimum absolute atomic E-state index is 0.416. The molecule has 0 radical (unpaired) electrons. The third-order valence-electron chi connectivity index (χ3n) is 4.95. The van der Waals surface area contributed by atoms with Crippen molar-refractivity contribution >= 4 is 10.9 Å². The summed E-state index contributed by atoms with van der Waals surface area (Å²) in [5.74, 6) is 0.786. The predicted molar refractivity (Wildman–Crippen MR) is 116 cm³/mol. The van der Waals surface area contributed by atoms with Crippen LogP contribution in [0.5, 0.6) is 5.75 Å². The summed E-state index contributed by atoms with van der Waals surface area (Å²) in [6.45, 7) is 0.416. The molecule has 5 aromatic rings. The maximum Gasteiger partial charge on any atom is 0.130 e. The topological polar surface area (TPSA) is 65.7 Å². The van der Waals surface area contributed by atoms with Crippen LogP contribution in [0.25, 0.3) is 33.4 Å². The van der Waals surface area contributed by atoms with Crippen molar-refractivity contribution in [3.05, 3.63) is 90.9 Å². The van der Waals surface area contributed by atoms with E-state index in [1.54, 1.807) is 17.1 Å². The molecule has 3 aromatic heterocycles. The highest BCUT2D eigenvalue weighted by Crippen LogP contribution is 2.30. The van der Waals surface area contributed by atoms with Gasteiger partial charge >= 0.3 is 0 Å². The van der Waals surface area contributed by atoms with E-state index in [1.807, 2.05) is 67.7 Å². The van der Waals surface area contributed by atoms with Crippen LogP contribution in [-0.2, 0) is 13.7 Å². The molecule has 0 fully saturated rings. The van der Waals surface area contributed by atoms with Gasteiger partial charge in [0.05, 0.1) is 16.9 Å². The maximum atomic E-state index is 5.95. The fourth-order valence-corrected chi connectivity index (χ4v) is 3.44. The largest absolute Gasteiger partial charge is 0.487 e. The molecule has 0 N–H and O–H groups in total. The maximum absolute atomic E-state index is 5.95. The normalized spacial score (nSPS) is 11.0. The van der Waals surface area contributed by atoms with E-state index >= 15 is 0 Å². The van der Waals surface area contributed by atoms with Gasteiger partial charge in [0.1, 0.15) is 18.1 Å². The quantitative estimate of drug-likeness (QED) is 0.434. The lowest BCUT2D eigenvalue weighted by Gasteiger charge is -2.09. The minimum Gasteiger partial charge on any atom is -0.487 e. The first-order valence-electron chi connectivity index (χ1n) is 9.66. The van der Waals surface area contributed by atoms with Crippen LogP contribution in [0.2, 0.25) is 0 Å². The number of nitrogens with zero attached hydrogens (tertiary/aromatic N) is 5. The Labute approximate surface area is 173 Å². The number of aromatic nitrogens is 5. The highest BCUT2D eigenvalue weighted by atomic mass is 16.5. The number of ether oxygens (including phenoxy) is 1. The standard InChI is InChI=1S/C24H19N5O/c1-29-24(23(27-28-29)18-12-14-25-15-13-18)19-7-10-21(11-8-19)30-16-20-9-6-17-4-2-3-5-22(17)26-20/h2-15H,16H2,1H3. The summed E-state index contributed by atoms with van der Waals surface area (Å²) in [5.41, 5.74) is 5.65. The Morgan fingerprint density at radius 3 is 2.47 bits per heavy atom. The first-order valence-corrected chi connectivity index (χ1v) is 9.66. The number of hydrogen-bond donors (Lipinski definition) is 0. The van der Waals surface area contributed by atoms with Gasteiger partial charge in [-0.05, 0) is 48.5 Å². The second-order valence-electron chi connectivity index (χ2n) is 6.95. The molecule has 6 nitrogen and oxygen atoms in total. The van der Waals surface area contributed by atoms with Crippen molar-refractivity contribution in [1.82, 2.24) is 25.0 Å². The van der Waals surface area contributed by atoms with E-state index in [1.165, 1.54) is 0 Å². The van der Waals surface area contributed by atoms with Gasteiger partial charge in [-0.2, -0.15) is 0 Å². The minimum atomic E-state index is 0.416. The van der Waals surface area contributed by atoms with Crippen LogP contribution in [-0.4, -0.2) is 25.0 Å². The van der Waals surface area contributed by atoms with Gasteiger partial charge < -0.3 is 4.74 Å². The van der Waals surface area contributed by atoms with Crippen LogP contribution in [0.1, 0.15) is 5.69 Å². The van der Waals surface area contributed by atoms with Crippen LogP contribution in [0.15, 0.2) is 85.2 Å². The van der Waals surface area contributed by atoms with Gasteiger partial charge in [-0.15, -0.1) is 5.10 Å². The summed E-state index contributed by atoms with van der Waals surface area (Å²) in [5, 5.41) is 9.66. The van der Waals surface area contributed by atoms with Crippen molar-refractivity contribution in [3.63, 3.8) is 0 Å². The molecular formula is C24H19N5O. The highest BCUT2D eigenvalue weighted by molar-refractivity contribution is 5.79. The Bertz CT molecular complexity index is 1300. The number of hydrogen-bond acceptors (Lipinski definition) is 5. The molecule has 146 valence electrons. The van der Waals surface area contributed by atoms with Crippen LogP contribution >= 0.6 is 0 Å². The van der Waals surface area contributed by atoms with Crippen molar-refractivity contribution in [3.8, 4) is 28.3 Å². The lowest BCUT2D eigenvalue weighted by atomic mass is 10.1. The monoisotopic (exact) mass is 393 g/mol. The summed E-state index contributed by atoms with van der Waals surface area (Å²) < 4.78 is 7.73. The molecule has 0 bridgehead atoms. The van der Waals surface area contributed by atoms with Gasteiger partial charge in [-0.25, -0.2) is 9.67 Å². The molecule has 3 heterocycles. The summed E-state index contributed by atoms with van der Waals surface area (Å²) in [7, 11) is 1.89. The molecule has 5 rings (SSSR count). The number of pyridine rings is 2. The van der Waals surface area contributed by atoms with Gasteiger partial charge in [0, 0.05) is 36.0 Å². The number of rotatable bonds is 5. The SMILES string of the molecule is Cn1nnc(-c2ccncc2)c1-c1ccc(OCc2ccc3ccccc3n2)cc1. The van der Waals surface area contributed by atoms with Gasteiger partial charge in [0.25, 0.3) is 0 Å². The van der Waals surface area contributed by atoms with Crippen molar-refractivity contribution in [1.29, 1.82) is 0 Å². The Morgan fingerprint density at radius 1 is 0.833 bits per heavy atom. The first-order chi connectivity index (χ1) is 14.8. The second-order valence-corrected chi connectivity index (χ2v) is 6.95. The van der Waals surface area contributed by atoms with Crippen molar-refractivity contribution in [2.75, 3.05) is 0 Å². The van der Waals surface area contributed by atoms with Gasteiger partial charge in [0.15, 0.2) is 0 Å². The Morgan fingerprint density at radius 2 is 1.63 bits per heavy atom. The second kappa shape index (κ2) is 7.75. The molecule has 0 spiro atoms. The number of fused-ring (bicyclic) bond motifs is 1. The van der Waals surface area contributed by atoms with Crippen LogP contribution in [0.4, 0.5) is 0 Å². The summed E-state index contributed by atoms with van der Waals surface area (Å²) >= 11 is 0. The average molecular weight is 393 g/mol. The molecule has 0 saturated carbocycles. The molecule has 0 aliphatic heterocycles. The molecular weight excluding hydrogens is 374 g/mol. The van der Waals surface area contributed by atoms with Crippen LogP contribution in [0, 0.1) is 0 Å². The smallest absolute Gasteiger partial charge is 0.130 e. The molecule has 30 heavy (non-hydrogen) atoms. The Hall–Kier alpha value is -4.06. The molecule has 0 aliphatic rings. The zero-order valence-electron chi connectivity index (χ0n) is 16.4. The fraction of sp³-hybridized carbons (Fsp3) is 0.0833. The molecule has 0 unspecified atom stereocenters. The van der Waals surface area contributed by atoms with Gasteiger partial charge in [-0.3, -0.25) is 4.98 Å². The van der Waals surface area contributed by atoms with Gasteiger partial charge in [0.2, 0.25) is 0 Å². The third kappa shape index (κ3) is 3.51. The third-order valence-corrected chi connectivity index (χ3v) is 4.95. The van der Waals surface area contributed by atoms with E-state index in [0.717, 1.165) is 44.9 Å². The fourth-order valence-electron chi connectivity index (χ4n) is 3.44. The number of benzene rings is 2. The van der Waals surface area contributed by atoms with Crippen molar-refractivity contribution in [2.24, 2.45) is 7.05 Å². The van der Waals surface area contributed by atoms with E-state index in [4.69, 9.17) is 4.74 Å². The van der Waals surface area contributed by atoms with E-state index in [2.05, 4.69) is 32.4 Å². The lowest BCUT2D eigenvalue weighted by molar-refractivity contribution is 0.302. The highest BCUT2D eigenvalue weighted by Gasteiger charge is 2.14. The summed E-state index contributed by atoms with van der Waals surface area (Å²) in [4.78, 5) is 8.73. The van der Waals surface area contributed by atoms with Crippen molar-refractivity contribution < 1.29 is 4.74 Å². The summed E-state index contributed by atoms with van der Waals surface area (Å²) in [6.07, 6.45) is 3.51. The number of aryl methyl sites for hydroxylation is 1. The van der Waals surface area contributed by atoms with Crippen molar-refractivity contribution in [2.45, 2.75) is 6.61 Å². The van der Waals surface area contributed by atoms with Crippen LogP contribution in [0.3, 0.4) is 0 Å². The first kappa shape index (κ1) is 18.0. The molecule has 0 aliphatic carbocycles. The van der Waals surface area contributed by atoms with E-state index in [-0.39, 0.29) is 0 Å². The van der Waals surface area contributed by atoms with E-state index < -0.39 is 0 Å². The van der Waals surface area contributed by atoms with Crippen LogP contribution < -0.4 is 4.74 Å². The Kier molecular flexibility index (Phi) is 4.65. The lowest BCUT2D eigenvalue weighted by Crippen LogP contribution is -1.99. The number of para-hydroxylation sites is 1. The zero-order chi connectivity index (χ0) is 20.3. The van der Waals surface area contributed by atoms with E-state index in [0.29, 0.717) is 6.61 Å². The molecule has 0 amide bonds.